The van der Waals surface area contributed by atoms with E-state index in [1.807, 2.05) is 18.2 Å². The Bertz CT molecular complexity index is 396. The van der Waals surface area contributed by atoms with Crippen molar-refractivity contribution in [3.8, 4) is 0 Å². The number of fused-ring (bicyclic) bond motifs is 1. The Labute approximate surface area is 79.8 Å². The summed E-state index contributed by atoms with van der Waals surface area (Å²) >= 11 is 6.64. The average Bonchev–Trinajstić information content (AvgIpc) is 2.33. The van der Waals surface area contributed by atoms with Crippen LogP contribution in [0.4, 0.5) is 0 Å². The second-order valence-electron chi connectivity index (χ2n) is 2.11. The van der Waals surface area contributed by atoms with Crippen molar-refractivity contribution >= 4 is 42.8 Å². The molecule has 0 atom stereocenters. The van der Waals surface area contributed by atoms with Crippen LogP contribution in [0.5, 0.6) is 0 Å². The molecule has 0 aliphatic heterocycles. The zero-order valence-electron chi connectivity index (χ0n) is 5.34. The lowest BCUT2D eigenvalue weighted by Crippen LogP contribution is -1.65. The molecule has 0 fully saturated rings. The highest BCUT2D eigenvalue weighted by Crippen LogP contribution is 2.25. The lowest BCUT2D eigenvalue weighted by molar-refractivity contribution is 0.451. The van der Waals surface area contributed by atoms with Gasteiger partial charge in [0.15, 0.2) is 10.2 Å². The zero-order valence-corrected chi connectivity index (χ0v) is 8.52. The molecule has 4 heteroatoms. The fourth-order valence-electron chi connectivity index (χ4n) is 0.881. The van der Waals surface area contributed by atoms with Crippen LogP contribution in [0.15, 0.2) is 31.8 Å². The van der Waals surface area contributed by atoms with Crippen LogP contribution in [0.3, 0.4) is 0 Å². The van der Waals surface area contributed by atoms with E-state index in [0.29, 0.717) is 0 Å². The Morgan fingerprint density at radius 1 is 1.27 bits per heavy atom. The van der Waals surface area contributed by atoms with Gasteiger partial charge in [-0.3, -0.25) is 0 Å². The van der Waals surface area contributed by atoms with E-state index in [4.69, 9.17) is 4.52 Å². The third-order valence-corrected chi connectivity index (χ3v) is 2.45. The van der Waals surface area contributed by atoms with Gasteiger partial charge in [0, 0.05) is 4.47 Å². The second-order valence-corrected chi connectivity index (χ2v) is 3.78. The number of hydrogen-bond donors (Lipinski definition) is 0. The fourth-order valence-corrected chi connectivity index (χ4v) is 1.62. The van der Waals surface area contributed by atoms with Crippen molar-refractivity contribution in [3.05, 3.63) is 27.3 Å². The quantitative estimate of drug-likeness (QED) is 0.738. The molecule has 0 amide bonds. The summed E-state index contributed by atoms with van der Waals surface area (Å²) in [6.45, 7) is 0. The molecule has 1 aromatic heterocycles. The van der Waals surface area contributed by atoms with E-state index in [1.165, 1.54) is 0 Å². The number of halogens is 2. The van der Waals surface area contributed by atoms with Gasteiger partial charge in [-0.25, -0.2) is 0 Å². The van der Waals surface area contributed by atoms with Gasteiger partial charge in [-0.2, -0.15) is 0 Å². The van der Waals surface area contributed by atoms with E-state index in [9.17, 15) is 0 Å². The van der Waals surface area contributed by atoms with Crippen molar-refractivity contribution in [1.29, 1.82) is 0 Å². The van der Waals surface area contributed by atoms with Crippen LogP contribution in [0, 0.1) is 0 Å². The van der Waals surface area contributed by atoms with Crippen LogP contribution in [-0.2, 0) is 0 Å². The second kappa shape index (κ2) is 2.60. The van der Waals surface area contributed by atoms with Gasteiger partial charge in [0.25, 0.3) is 0 Å². The first-order valence-electron chi connectivity index (χ1n) is 2.98. The molecule has 0 aliphatic rings. The molecule has 0 unspecified atom stereocenters. The van der Waals surface area contributed by atoms with Crippen molar-refractivity contribution in [1.82, 2.24) is 5.16 Å². The summed E-state index contributed by atoms with van der Waals surface area (Å²) in [7, 11) is 0. The Balaban J connectivity index is 2.87. The number of rotatable bonds is 0. The van der Waals surface area contributed by atoms with Gasteiger partial charge >= 0.3 is 0 Å². The summed E-state index contributed by atoms with van der Waals surface area (Å²) < 4.78 is 6.75. The van der Waals surface area contributed by atoms with Crippen molar-refractivity contribution in [2.75, 3.05) is 0 Å². The van der Waals surface area contributed by atoms with Gasteiger partial charge in [0.05, 0.1) is 5.39 Å². The number of hydrogen-bond acceptors (Lipinski definition) is 2. The van der Waals surface area contributed by atoms with E-state index in [1.54, 1.807) is 0 Å². The highest BCUT2D eigenvalue weighted by Gasteiger charge is 2.03. The molecule has 0 saturated heterocycles. The predicted molar refractivity (Wildman–Crippen MR) is 49.4 cm³/mol. The highest BCUT2D eigenvalue weighted by molar-refractivity contribution is 9.11. The van der Waals surface area contributed by atoms with Gasteiger partial charge in [-0.05, 0) is 34.1 Å². The third-order valence-electron chi connectivity index (χ3n) is 1.39. The average molecular weight is 277 g/mol. The molecule has 56 valence electrons. The first-order chi connectivity index (χ1) is 5.27. The van der Waals surface area contributed by atoms with Crippen LogP contribution in [0.25, 0.3) is 11.0 Å². The molecule has 11 heavy (non-hydrogen) atoms. The summed E-state index contributed by atoms with van der Waals surface area (Å²) in [5.41, 5.74) is 0.792. The lowest BCUT2D eigenvalue weighted by atomic mass is 10.3. The maximum Gasteiger partial charge on any atom is 0.168 e. The minimum atomic E-state index is 0.744. The summed E-state index contributed by atoms with van der Waals surface area (Å²) in [5.74, 6) is 0. The van der Waals surface area contributed by atoms with E-state index in [2.05, 4.69) is 37.0 Å². The largest absolute Gasteiger partial charge is 0.355 e. The first kappa shape index (κ1) is 7.31. The van der Waals surface area contributed by atoms with Crippen molar-refractivity contribution < 1.29 is 4.52 Å². The molecule has 1 aromatic carbocycles. The van der Waals surface area contributed by atoms with E-state index >= 15 is 0 Å². The minimum Gasteiger partial charge on any atom is -0.355 e. The van der Waals surface area contributed by atoms with Gasteiger partial charge in [0.1, 0.15) is 0 Å². The van der Waals surface area contributed by atoms with E-state index in [0.717, 1.165) is 20.0 Å². The molecule has 0 bridgehead atoms. The van der Waals surface area contributed by atoms with E-state index in [-0.39, 0.29) is 0 Å². The summed E-state index contributed by atoms with van der Waals surface area (Å²) in [6, 6.07) is 5.74. The molecule has 2 rings (SSSR count). The maximum absolute atomic E-state index is 4.99. The third kappa shape index (κ3) is 1.20. The number of aromatic nitrogens is 1. The van der Waals surface area contributed by atoms with Gasteiger partial charge in [-0.15, -0.1) is 0 Å². The van der Waals surface area contributed by atoms with Gasteiger partial charge < -0.3 is 4.52 Å². The first-order valence-corrected chi connectivity index (χ1v) is 4.56. The SMILES string of the molecule is Brc1ccc2onc(Br)c2c1. The van der Waals surface area contributed by atoms with Crippen LogP contribution >= 0.6 is 31.9 Å². The van der Waals surface area contributed by atoms with E-state index < -0.39 is 0 Å². The lowest BCUT2D eigenvalue weighted by Gasteiger charge is -1.87. The summed E-state index contributed by atoms with van der Waals surface area (Å²) in [5, 5.41) is 4.74. The molecule has 0 spiro atoms. The normalized spacial score (nSPS) is 10.7. The molecule has 0 N–H and O–H groups in total. The molecule has 1 heterocycles. The molecule has 2 nitrogen and oxygen atoms in total. The van der Waals surface area contributed by atoms with Gasteiger partial charge in [-0.1, -0.05) is 21.1 Å². The molecular weight excluding hydrogens is 274 g/mol. The van der Waals surface area contributed by atoms with Crippen LogP contribution < -0.4 is 0 Å². The number of benzene rings is 1. The van der Waals surface area contributed by atoms with Gasteiger partial charge in [0.2, 0.25) is 0 Å². The molecule has 0 saturated carbocycles. The Morgan fingerprint density at radius 2 is 2.09 bits per heavy atom. The topological polar surface area (TPSA) is 26.0 Å². The summed E-state index contributed by atoms with van der Waals surface area (Å²) in [4.78, 5) is 0. The highest BCUT2D eigenvalue weighted by atomic mass is 79.9. The predicted octanol–water partition coefficient (Wildman–Crippen LogP) is 3.35. The van der Waals surface area contributed by atoms with Crippen molar-refractivity contribution in [3.63, 3.8) is 0 Å². The van der Waals surface area contributed by atoms with Crippen molar-refractivity contribution in [2.24, 2.45) is 0 Å². The molecule has 2 aromatic rings. The van der Waals surface area contributed by atoms with Crippen LogP contribution in [-0.4, -0.2) is 5.16 Å². The maximum atomic E-state index is 4.99. The van der Waals surface area contributed by atoms with Crippen LogP contribution in [0.1, 0.15) is 0 Å². The van der Waals surface area contributed by atoms with Crippen LogP contribution in [0.2, 0.25) is 0 Å². The number of nitrogens with zero attached hydrogens (tertiary/aromatic N) is 1. The Morgan fingerprint density at radius 3 is 2.91 bits per heavy atom. The Kier molecular flexibility index (Phi) is 1.73. The fraction of sp³-hybridized carbons (Fsp3) is 0. The smallest absolute Gasteiger partial charge is 0.168 e. The molecular formula is C7H3Br2NO. The standard InChI is InChI=1S/C7H3Br2NO/c8-4-1-2-6-5(3-4)7(9)10-11-6/h1-3H. The zero-order chi connectivity index (χ0) is 7.84. The molecule has 0 radical (unpaired) electrons. The molecule has 0 aliphatic carbocycles. The minimum absolute atomic E-state index is 0.744. The monoisotopic (exact) mass is 275 g/mol. The van der Waals surface area contributed by atoms with Crippen molar-refractivity contribution in [2.45, 2.75) is 0 Å². The summed E-state index contributed by atoms with van der Waals surface area (Å²) in [6.07, 6.45) is 0. The Hall–Kier alpha value is -0.350.